The smallest absolute Gasteiger partial charge is 0.407 e. The van der Waals surface area contributed by atoms with E-state index in [0.717, 1.165) is 35.3 Å². The summed E-state index contributed by atoms with van der Waals surface area (Å²) in [5.41, 5.74) is 4.48. The van der Waals surface area contributed by atoms with Crippen LogP contribution in [0.2, 0.25) is 0 Å². The number of aliphatic carboxylic acids is 1. The second-order valence-electron chi connectivity index (χ2n) is 9.94. The Morgan fingerprint density at radius 2 is 1.54 bits per heavy atom. The molecule has 0 aromatic heterocycles. The van der Waals surface area contributed by atoms with Crippen molar-refractivity contribution in [3.05, 3.63) is 59.7 Å². The first-order valence-corrected chi connectivity index (χ1v) is 12.2. The van der Waals surface area contributed by atoms with Crippen LogP contribution in [0, 0.1) is 11.8 Å². The van der Waals surface area contributed by atoms with E-state index in [4.69, 9.17) is 9.84 Å². The average molecular weight is 478 g/mol. The van der Waals surface area contributed by atoms with Crippen LogP contribution in [-0.2, 0) is 14.3 Å². The highest BCUT2D eigenvalue weighted by molar-refractivity contribution is 5.86. The summed E-state index contributed by atoms with van der Waals surface area (Å²) in [5.74, 6) is -0.456. The van der Waals surface area contributed by atoms with Gasteiger partial charge < -0.3 is 25.0 Å². The molecule has 2 heterocycles. The van der Waals surface area contributed by atoms with Gasteiger partial charge in [-0.25, -0.2) is 4.79 Å². The molecule has 3 atom stereocenters. The van der Waals surface area contributed by atoms with Gasteiger partial charge in [0.25, 0.3) is 0 Å². The largest absolute Gasteiger partial charge is 0.481 e. The van der Waals surface area contributed by atoms with Crippen molar-refractivity contribution in [3.8, 4) is 11.1 Å². The highest BCUT2D eigenvalue weighted by atomic mass is 16.5. The van der Waals surface area contributed by atoms with Crippen molar-refractivity contribution in [1.82, 2.24) is 15.1 Å². The van der Waals surface area contributed by atoms with E-state index >= 15 is 0 Å². The number of rotatable bonds is 7. The first-order chi connectivity index (χ1) is 16.9. The number of benzene rings is 2. The van der Waals surface area contributed by atoms with E-state index in [0.29, 0.717) is 24.9 Å². The molecule has 2 aromatic rings. The molecule has 2 amide bonds. The fourth-order valence-corrected chi connectivity index (χ4v) is 5.94. The van der Waals surface area contributed by atoms with Crippen molar-refractivity contribution in [3.63, 3.8) is 0 Å². The predicted molar refractivity (Wildman–Crippen MR) is 130 cm³/mol. The molecule has 2 N–H and O–H groups in total. The number of nitrogens with one attached hydrogen (secondary N) is 1. The van der Waals surface area contributed by atoms with Crippen LogP contribution < -0.4 is 5.32 Å². The Labute approximate surface area is 204 Å². The summed E-state index contributed by atoms with van der Waals surface area (Å²) in [6.07, 6.45) is -0.872. The number of amides is 2. The lowest BCUT2D eigenvalue weighted by Gasteiger charge is -2.25. The van der Waals surface area contributed by atoms with Gasteiger partial charge in [0.05, 0.1) is 0 Å². The van der Waals surface area contributed by atoms with Crippen LogP contribution in [0.25, 0.3) is 11.1 Å². The molecule has 0 saturated carbocycles. The molecule has 2 aromatic carbocycles. The van der Waals surface area contributed by atoms with Gasteiger partial charge in [-0.1, -0.05) is 48.5 Å². The summed E-state index contributed by atoms with van der Waals surface area (Å²) in [5, 5.41) is 11.8. The predicted octanol–water partition coefficient (Wildman–Crippen LogP) is 2.78. The number of alkyl carbamates (subject to hydrolysis) is 1. The molecule has 3 aliphatic rings. The first kappa shape index (κ1) is 23.4. The quantitative estimate of drug-likeness (QED) is 0.636. The minimum absolute atomic E-state index is 0.0318. The minimum atomic E-state index is -1.00. The van der Waals surface area contributed by atoms with Crippen molar-refractivity contribution in [2.24, 2.45) is 11.8 Å². The van der Waals surface area contributed by atoms with Gasteiger partial charge in [-0.05, 0) is 47.6 Å². The number of nitrogens with zero attached hydrogens (tertiary/aromatic N) is 2. The van der Waals surface area contributed by atoms with E-state index < -0.39 is 18.1 Å². The molecule has 0 spiro atoms. The fraction of sp³-hybridized carbons (Fsp3) is 0.444. The van der Waals surface area contributed by atoms with Gasteiger partial charge in [-0.15, -0.1) is 0 Å². The third-order valence-electron chi connectivity index (χ3n) is 7.56. The number of carboxylic acids is 1. The molecule has 3 unspecified atom stereocenters. The Morgan fingerprint density at radius 3 is 2.11 bits per heavy atom. The van der Waals surface area contributed by atoms with E-state index in [1.165, 1.54) is 0 Å². The number of carbonyl (C=O) groups is 3. The third-order valence-corrected chi connectivity index (χ3v) is 7.56. The van der Waals surface area contributed by atoms with Crippen molar-refractivity contribution in [2.75, 3.05) is 39.8 Å². The summed E-state index contributed by atoms with van der Waals surface area (Å²) < 4.78 is 5.60. The maximum atomic E-state index is 13.2. The van der Waals surface area contributed by atoms with Gasteiger partial charge in [-0.3, -0.25) is 9.59 Å². The highest BCUT2D eigenvalue weighted by Crippen LogP contribution is 2.44. The van der Waals surface area contributed by atoms with Crippen LogP contribution in [0.1, 0.15) is 29.9 Å². The molecule has 0 radical (unpaired) electrons. The molecule has 2 saturated heterocycles. The molecule has 8 heteroatoms. The third kappa shape index (κ3) is 4.75. The van der Waals surface area contributed by atoms with Gasteiger partial charge in [0.15, 0.2) is 0 Å². The standard InChI is InChI=1S/C27H31N3O5/c1-29-12-17-14-30(15-18(17)13-29)26(33)24(10-11-25(31)32)28-27(34)35-16-23-21-8-4-2-6-19(21)20-7-3-5-9-22(20)23/h2-9,17-18,23-24H,10-16H2,1H3,(H,28,34)(H,31,32). The van der Waals surface area contributed by atoms with Crippen molar-refractivity contribution in [2.45, 2.75) is 24.8 Å². The molecule has 5 rings (SSSR count). The zero-order valence-electron chi connectivity index (χ0n) is 19.9. The van der Waals surface area contributed by atoms with Gasteiger partial charge in [-0.2, -0.15) is 0 Å². The van der Waals surface area contributed by atoms with Crippen LogP contribution in [-0.4, -0.2) is 78.8 Å². The molecule has 184 valence electrons. The second-order valence-corrected chi connectivity index (χ2v) is 9.94. The van der Waals surface area contributed by atoms with Crippen LogP contribution in [0.4, 0.5) is 4.79 Å². The number of carboxylic acid groups (broad SMARTS) is 1. The molecular weight excluding hydrogens is 446 g/mol. The molecule has 2 aliphatic heterocycles. The van der Waals surface area contributed by atoms with Crippen molar-refractivity contribution < 1.29 is 24.2 Å². The lowest BCUT2D eigenvalue weighted by atomic mass is 9.98. The number of hydrogen-bond acceptors (Lipinski definition) is 5. The molecule has 2 fully saturated rings. The van der Waals surface area contributed by atoms with E-state index in [-0.39, 0.29) is 31.3 Å². The normalized spacial score (nSPS) is 21.8. The number of ether oxygens (including phenoxy) is 1. The van der Waals surface area contributed by atoms with Crippen LogP contribution in [0.3, 0.4) is 0 Å². The summed E-state index contributed by atoms with van der Waals surface area (Å²) in [7, 11) is 2.08. The fourth-order valence-electron chi connectivity index (χ4n) is 5.94. The van der Waals surface area contributed by atoms with Gasteiger partial charge >= 0.3 is 12.1 Å². The minimum Gasteiger partial charge on any atom is -0.481 e. The number of hydrogen-bond donors (Lipinski definition) is 2. The maximum Gasteiger partial charge on any atom is 0.407 e. The zero-order valence-corrected chi connectivity index (χ0v) is 19.9. The van der Waals surface area contributed by atoms with Gasteiger partial charge in [0.2, 0.25) is 5.91 Å². The summed E-state index contributed by atoms with van der Waals surface area (Å²) in [4.78, 5) is 41.3. The summed E-state index contributed by atoms with van der Waals surface area (Å²) >= 11 is 0. The first-order valence-electron chi connectivity index (χ1n) is 12.2. The van der Waals surface area contributed by atoms with Crippen LogP contribution >= 0.6 is 0 Å². The van der Waals surface area contributed by atoms with E-state index in [1.54, 1.807) is 4.90 Å². The van der Waals surface area contributed by atoms with Crippen molar-refractivity contribution in [1.29, 1.82) is 0 Å². The average Bonchev–Trinajstić information content (AvgIpc) is 3.49. The molecule has 1 aliphatic carbocycles. The Balaban J connectivity index is 1.23. The number of fused-ring (bicyclic) bond motifs is 4. The lowest BCUT2D eigenvalue weighted by Crippen LogP contribution is -2.49. The summed E-state index contributed by atoms with van der Waals surface area (Å²) in [6.45, 7) is 3.33. The SMILES string of the molecule is CN1CC2CN(C(=O)C(CCC(=O)O)NC(=O)OCC3c4ccccc4-c4ccccc43)CC2C1. The van der Waals surface area contributed by atoms with Gasteiger partial charge in [0, 0.05) is 38.5 Å². The van der Waals surface area contributed by atoms with E-state index in [9.17, 15) is 14.4 Å². The Bertz CT molecular complexity index is 1080. The Hall–Kier alpha value is -3.39. The second kappa shape index (κ2) is 9.70. The number of likely N-dealkylation sites (tertiary alicyclic amines) is 2. The molecule has 0 bridgehead atoms. The van der Waals surface area contributed by atoms with Crippen LogP contribution in [0.15, 0.2) is 48.5 Å². The topological polar surface area (TPSA) is 99.2 Å². The van der Waals surface area contributed by atoms with Gasteiger partial charge in [0.1, 0.15) is 12.6 Å². The Kier molecular flexibility index (Phi) is 6.47. The molecule has 35 heavy (non-hydrogen) atoms. The monoisotopic (exact) mass is 477 g/mol. The van der Waals surface area contributed by atoms with Crippen molar-refractivity contribution >= 4 is 18.0 Å². The zero-order chi connectivity index (χ0) is 24.5. The highest BCUT2D eigenvalue weighted by Gasteiger charge is 2.42. The molecular formula is C27H31N3O5. The molecule has 8 nitrogen and oxygen atoms in total. The van der Waals surface area contributed by atoms with E-state index in [1.807, 2.05) is 36.4 Å². The summed E-state index contributed by atoms with van der Waals surface area (Å²) in [6, 6.07) is 15.2. The maximum absolute atomic E-state index is 13.2. The lowest BCUT2D eigenvalue weighted by molar-refractivity contribution is -0.138. The van der Waals surface area contributed by atoms with E-state index in [2.05, 4.69) is 29.4 Å². The number of carbonyl (C=O) groups excluding carboxylic acids is 2. The van der Waals surface area contributed by atoms with Crippen LogP contribution in [0.5, 0.6) is 0 Å². The Morgan fingerprint density at radius 1 is 0.971 bits per heavy atom.